The second kappa shape index (κ2) is 15.7. The Bertz CT molecular complexity index is 2360. The zero-order valence-corrected chi connectivity index (χ0v) is 29.3. The van der Waals surface area contributed by atoms with E-state index in [2.05, 4.69) is 20.6 Å². The van der Waals surface area contributed by atoms with E-state index in [1.807, 2.05) is 0 Å². The largest absolute Gasteiger partial charge is 0.434 e. The molecule has 17 heteroatoms. The minimum Gasteiger partial charge on any atom is -0.381 e. The summed E-state index contributed by atoms with van der Waals surface area (Å²) >= 11 is 0. The Balaban J connectivity index is 0.000000211. The molecule has 0 aliphatic rings. The number of carbonyl (C=O) groups excluding carboxylic acids is 1. The van der Waals surface area contributed by atoms with Crippen LogP contribution in [0.4, 0.5) is 55.3 Å². The van der Waals surface area contributed by atoms with Crippen molar-refractivity contribution in [3.8, 4) is 11.4 Å². The average Bonchev–Trinajstić information content (AvgIpc) is 3.67. The number of alkyl halides is 6. The highest BCUT2D eigenvalue weighted by Gasteiger charge is 2.35. The van der Waals surface area contributed by atoms with E-state index < -0.39 is 47.1 Å². The number of benzene rings is 4. The van der Waals surface area contributed by atoms with E-state index in [1.54, 1.807) is 26.0 Å². The van der Waals surface area contributed by atoms with Gasteiger partial charge in [-0.2, -0.15) is 26.3 Å². The maximum Gasteiger partial charge on any atom is 0.434 e. The van der Waals surface area contributed by atoms with Crippen LogP contribution in [0.25, 0.3) is 11.4 Å². The Morgan fingerprint density at radius 3 is 1.55 bits per heavy atom. The van der Waals surface area contributed by atoms with Gasteiger partial charge in [-0.3, -0.25) is 4.79 Å². The third-order valence-corrected chi connectivity index (χ3v) is 8.24. The molecule has 0 bridgehead atoms. The van der Waals surface area contributed by atoms with Crippen LogP contribution in [-0.4, -0.2) is 25.0 Å². The first-order chi connectivity index (χ1) is 25.7. The molecule has 0 saturated heterocycles. The van der Waals surface area contributed by atoms with Crippen molar-refractivity contribution in [2.75, 3.05) is 10.6 Å². The van der Waals surface area contributed by atoms with Crippen LogP contribution in [0.2, 0.25) is 0 Å². The number of rotatable bonds is 7. The summed E-state index contributed by atoms with van der Waals surface area (Å²) in [6.07, 6.45) is -7.77. The summed E-state index contributed by atoms with van der Waals surface area (Å²) < 4.78 is 134. The number of aryl methyl sites for hydroxylation is 4. The summed E-state index contributed by atoms with van der Waals surface area (Å²) in [6, 6.07) is 15.7. The second-order valence-electron chi connectivity index (χ2n) is 12.3. The molecule has 0 radical (unpaired) electrons. The molecule has 0 unspecified atom stereocenters. The summed E-state index contributed by atoms with van der Waals surface area (Å²) in [7, 11) is 0. The van der Waals surface area contributed by atoms with Gasteiger partial charge in [0.25, 0.3) is 5.91 Å². The van der Waals surface area contributed by atoms with Gasteiger partial charge in [-0.1, -0.05) is 6.07 Å². The molecule has 1 amide bonds. The molecule has 6 rings (SSSR count). The van der Waals surface area contributed by atoms with Crippen LogP contribution in [0.5, 0.6) is 0 Å². The maximum atomic E-state index is 14.5. The number of hydrogen-bond donors (Lipinski definition) is 2. The molecule has 0 saturated carbocycles. The molecule has 4 aromatic carbocycles. The third-order valence-electron chi connectivity index (χ3n) is 8.24. The molecule has 288 valence electrons. The summed E-state index contributed by atoms with van der Waals surface area (Å²) in [4.78, 5) is 19.1. The maximum absolute atomic E-state index is 14.5. The lowest BCUT2D eigenvalue weighted by molar-refractivity contribution is -0.141. The molecule has 55 heavy (non-hydrogen) atoms. The van der Waals surface area contributed by atoms with E-state index in [1.165, 1.54) is 62.4 Å². The Morgan fingerprint density at radius 1 is 0.618 bits per heavy atom. The van der Waals surface area contributed by atoms with Crippen molar-refractivity contribution in [2.45, 2.75) is 46.6 Å². The van der Waals surface area contributed by atoms with Crippen LogP contribution in [0.1, 0.15) is 50.1 Å². The van der Waals surface area contributed by atoms with Gasteiger partial charge in [0.2, 0.25) is 0 Å². The number of carbonyl (C=O) groups is 1. The van der Waals surface area contributed by atoms with Crippen LogP contribution in [0, 0.1) is 51.0 Å². The van der Waals surface area contributed by atoms with Crippen LogP contribution in [0.3, 0.4) is 0 Å². The molecule has 0 fully saturated rings. The van der Waals surface area contributed by atoms with Gasteiger partial charge in [0.15, 0.2) is 11.4 Å². The average molecular weight is 777 g/mol. The van der Waals surface area contributed by atoms with Crippen LogP contribution >= 0.6 is 0 Å². The highest BCUT2D eigenvalue weighted by Crippen LogP contribution is 2.32. The van der Waals surface area contributed by atoms with E-state index >= 15 is 0 Å². The monoisotopic (exact) mass is 776 g/mol. The molecule has 0 aliphatic carbocycles. The van der Waals surface area contributed by atoms with E-state index in [4.69, 9.17) is 0 Å². The minimum atomic E-state index is -4.65. The van der Waals surface area contributed by atoms with Crippen LogP contribution in [0.15, 0.2) is 85.2 Å². The van der Waals surface area contributed by atoms with Gasteiger partial charge in [-0.25, -0.2) is 27.5 Å². The minimum absolute atomic E-state index is 0.0287. The van der Waals surface area contributed by atoms with Gasteiger partial charge in [-0.15, -0.1) is 0 Å². The lowest BCUT2D eigenvalue weighted by Crippen LogP contribution is -2.14. The first kappa shape index (κ1) is 40.1. The Labute approximate surface area is 307 Å². The van der Waals surface area contributed by atoms with E-state index in [0.29, 0.717) is 24.0 Å². The van der Waals surface area contributed by atoms with Crippen molar-refractivity contribution in [3.05, 3.63) is 154 Å². The Morgan fingerprint density at radius 2 is 1.09 bits per heavy atom. The number of nitrogens with zero attached hydrogens (tertiary/aromatic N) is 4. The van der Waals surface area contributed by atoms with Crippen LogP contribution < -0.4 is 10.6 Å². The number of anilines is 2. The summed E-state index contributed by atoms with van der Waals surface area (Å²) in [6.45, 7) is 6.37. The molecule has 7 nitrogen and oxygen atoms in total. The van der Waals surface area contributed by atoms with Crippen molar-refractivity contribution in [3.63, 3.8) is 0 Å². The lowest BCUT2D eigenvalue weighted by Gasteiger charge is -2.12. The molecule has 2 heterocycles. The normalized spacial score (nSPS) is 11.6. The highest BCUT2D eigenvalue weighted by molar-refractivity contribution is 6.05. The molecular formula is C38H30F10N6O. The number of amides is 1. The van der Waals surface area contributed by atoms with Crippen molar-refractivity contribution in [1.29, 1.82) is 0 Å². The Kier molecular flexibility index (Phi) is 11.4. The van der Waals surface area contributed by atoms with E-state index in [-0.39, 0.29) is 40.1 Å². The fraction of sp³-hybridized carbons (Fsp3) is 0.184. The van der Waals surface area contributed by atoms with Crippen molar-refractivity contribution in [1.82, 2.24) is 19.1 Å². The summed E-state index contributed by atoms with van der Waals surface area (Å²) in [5.41, 5.74) is 0.402. The molecule has 0 atom stereocenters. The van der Waals surface area contributed by atoms with Gasteiger partial charge >= 0.3 is 12.4 Å². The van der Waals surface area contributed by atoms with Crippen molar-refractivity contribution in [2.24, 2.45) is 0 Å². The SMILES string of the molecule is Cc1cc(F)ccc1C(=O)Nc1ccc(-n2cc(C(F)(F)F)nc2C)c(F)c1.Cc1cc(F)ccc1CNc1ccc(-n2cc(C(F)(F)F)nc2C)c(F)c1. The van der Waals surface area contributed by atoms with Gasteiger partial charge in [0.1, 0.15) is 34.9 Å². The number of halogens is 10. The number of hydrogen-bond acceptors (Lipinski definition) is 4. The number of imidazole rings is 2. The fourth-order valence-electron chi connectivity index (χ4n) is 5.43. The van der Waals surface area contributed by atoms with Crippen LogP contribution in [-0.2, 0) is 18.9 Å². The van der Waals surface area contributed by atoms with Gasteiger partial charge in [0, 0.05) is 35.9 Å². The zero-order valence-electron chi connectivity index (χ0n) is 29.3. The predicted molar refractivity (Wildman–Crippen MR) is 184 cm³/mol. The lowest BCUT2D eigenvalue weighted by atomic mass is 10.1. The smallest absolute Gasteiger partial charge is 0.381 e. The number of aromatic nitrogens is 4. The molecule has 2 aromatic heterocycles. The first-order valence-corrected chi connectivity index (χ1v) is 16.1. The molecule has 0 spiro atoms. The number of nitrogens with one attached hydrogen (secondary N) is 2. The van der Waals surface area contributed by atoms with Gasteiger partial charge in [0.05, 0.1) is 11.4 Å². The molecule has 0 aliphatic heterocycles. The topological polar surface area (TPSA) is 76.8 Å². The standard InChI is InChI=1S/C19H14F5N3O.C19H16F5N3/c1-10-7-12(20)3-5-14(10)18(28)26-13-4-6-16(15(21)8-13)27-9-17(19(22,23)24)25-11(27)2;1-11-7-14(20)4-3-13(11)9-25-15-5-6-17(16(21)8-15)27-10-18(19(22,23)24)26-12(27)2/h3-9H,1-2H3,(H,26,28);3-8,10,25H,9H2,1-2H3. The fourth-order valence-corrected chi connectivity index (χ4v) is 5.43. The molecular weight excluding hydrogens is 746 g/mol. The molecule has 2 N–H and O–H groups in total. The van der Waals surface area contributed by atoms with Gasteiger partial charge < -0.3 is 19.8 Å². The first-order valence-electron chi connectivity index (χ1n) is 16.1. The molecule has 6 aromatic rings. The van der Waals surface area contributed by atoms with Gasteiger partial charge in [-0.05, 0) is 111 Å². The summed E-state index contributed by atoms with van der Waals surface area (Å²) in [5, 5.41) is 5.49. The van der Waals surface area contributed by atoms with Crippen molar-refractivity contribution < 1.29 is 48.7 Å². The Hall–Kier alpha value is -6.13. The van der Waals surface area contributed by atoms with Crippen molar-refractivity contribution >= 4 is 17.3 Å². The summed E-state index contributed by atoms with van der Waals surface area (Å²) in [5.74, 6) is -2.93. The van der Waals surface area contributed by atoms with E-state index in [9.17, 15) is 48.7 Å². The quantitative estimate of drug-likeness (QED) is 0.158. The third kappa shape index (κ3) is 9.52. The predicted octanol–water partition coefficient (Wildman–Crippen LogP) is 10.4. The second-order valence-corrected chi connectivity index (χ2v) is 12.3. The highest BCUT2D eigenvalue weighted by atomic mass is 19.4. The zero-order chi connectivity index (χ0) is 40.4. The van der Waals surface area contributed by atoms with E-state index in [0.717, 1.165) is 38.6 Å².